The lowest BCUT2D eigenvalue weighted by Crippen LogP contribution is -2.53. The molecule has 1 saturated heterocycles. The van der Waals surface area contributed by atoms with Gasteiger partial charge in [0, 0.05) is 12.8 Å². The fourth-order valence-corrected chi connectivity index (χ4v) is 1.66. The fourth-order valence-electron chi connectivity index (χ4n) is 1.66. The van der Waals surface area contributed by atoms with Crippen molar-refractivity contribution < 1.29 is 19.5 Å². The number of rotatable bonds is 2. The highest BCUT2D eigenvalue weighted by atomic mass is 16.4. The Hall–Kier alpha value is -0.610. The summed E-state index contributed by atoms with van der Waals surface area (Å²) in [7, 11) is 1.93. The van der Waals surface area contributed by atoms with E-state index in [1.807, 2.05) is 7.05 Å². The summed E-state index contributed by atoms with van der Waals surface area (Å²) < 4.78 is 0.562. The van der Waals surface area contributed by atoms with Gasteiger partial charge < -0.3 is 14.7 Å². The van der Waals surface area contributed by atoms with Gasteiger partial charge in [0.1, 0.15) is 0 Å². The van der Waals surface area contributed by atoms with Crippen LogP contribution < -0.4 is 0 Å². The third-order valence-corrected chi connectivity index (χ3v) is 2.52. The first kappa shape index (κ1) is 9.48. The van der Waals surface area contributed by atoms with Crippen LogP contribution >= 0.6 is 0 Å². The number of quaternary nitrogens is 1. The smallest absolute Gasteiger partial charge is 0.359 e. The van der Waals surface area contributed by atoms with Crippen molar-refractivity contribution in [1.29, 1.82) is 0 Å². The minimum atomic E-state index is -0.756. The number of piperidine rings is 1. The van der Waals surface area contributed by atoms with Gasteiger partial charge in [-0.2, -0.15) is 0 Å². The third-order valence-electron chi connectivity index (χ3n) is 2.52. The van der Waals surface area contributed by atoms with Crippen LogP contribution in [0.1, 0.15) is 12.8 Å². The molecule has 12 heavy (non-hydrogen) atoms. The van der Waals surface area contributed by atoms with Crippen molar-refractivity contribution in [3.63, 3.8) is 0 Å². The maximum atomic E-state index is 10.5. The van der Waals surface area contributed by atoms with Crippen molar-refractivity contribution in [3.05, 3.63) is 0 Å². The summed E-state index contributed by atoms with van der Waals surface area (Å²) in [4.78, 5) is 10.5. The van der Waals surface area contributed by atoms with Crippen LogP contribution in [-0.2, 0) is 4.79 Å². The number of hydrogen-bond donors (Lipinski definition) is 2. The molecule has 0 aromatic rings. The van der Waals surface area contributed by atoms with Crippen molar-refractivity contribution in [3.8, 4) is 0 Å². The predicted molar refractivity (Wildman–Crippen MR) is 43.7 cm³/mol. The number of aliphatic hydroxyl groups is 1. The molecular formula is C8H16NO3+. The van der Waals surface area contributed by atoms with Gasteiger partial charge in [-0.3, -0.25) is 0 Å². The first-order valence-electron chi connectivity index (χ1n) is 4.25. The van der Waals surface area contributed by atoms with Crippen molar-refractivity contribution >= 4 is 5.97 Å². The number of carboxylic acid groups (broad SMARTS) is 1. The van der Waals surface area contributed by atoms with Crippen molar-refractivity contribution in [2.75, 3.05) is 26.7 Å². The van der Waals surface area contributed by atoms with Crippen LogP contribution in [0.25, 0.3) is 0 Å². The highest BCUT2D eigenvalue weighted by Crippen LogP contribution is 2.16. The number of carboxylic acids is 1. The summed E-state index contributed by atoms with van der Waals surface area (Å²) in [5, 5.41) is 17.8. The van der Waals surface area contributed by atoms with E-state index in [-0.39, 0.29) is 12.6 Å². The molecule has 0 saturated carbocycles. The monoisotopic (exact) mass is 174 g/mol. The molecule has 0 aromatic carbocycles. The average molecular weight is 174 g/mol. The quantitative estimate of drug-likeness (QED) is 0.564. The highest BCUT2D eigenvalue weighted by molar-refractivity contribution is 5.67. The number of carbonyl (C=O) groups is 1. The van der Waals surface area contributed by atoms with Gasteiger partial charge in [0.25, 0.3) is 0 Å². The zero-order chi connectivity index (χ0) is 9.19. The second kappa shape index (κ2) is 3.41. The SMILES string of the molecule is C[N+]1(CC(=O)O)CCC(O)CC1. The van der Waals surface area contributed by atoms with Crippen LogP contribution in [0.3, 0.4) is 0 Å². The van der Waals surface area contributed by atoms with Crippen molar-refractivity contribution in [2.24, 2.45) is 0 Å². The molecule has 0 aliphatic carbocycles. The van der Waals surface area contributed by atoms with Crippen molar-refractivity contribution in [2.45, 2.75) is 18.9 Å². The Morgan fingerprint density at radius 1 is 1.50 bits per heavy atom. The third kappa shape index (κ3) is 2.46. The van der Waals surface area contributed by atoms with Gasteiger partial charge in [-0.05, 0) is 0 Å². The van der Waals surface area contributed by atoms with Gasteiger partial charge in [0.15, 0.2) is 6.54 Å². The molecule has 0 atom stereocenters. The number of likely N-dealkylation sites (tertiary alicyclic amines) is 1. The van der Waals surface area contributed by atoms with Gasteiger partial charge in [-0.1, -0.05) is 0 Å². The molecule has 1 heterocycles. The summed E-state index contributed by atoms with van der Waals surface area (Å²) in [5.74, 6) is -0.756. The highest BCUT2D eigenvalue weighted by Gasteiger charge is 2.30. The van der Waals surface area contributed by atoms with Crippen molar-refractivity contribution in [1.82, 2.24) is 0 Å². The number of likely N-dealkylation sites (N-methyl/N-ethyl adjacent to an activating group) is 1. The van der Waals surface area contributed by atoms with Crippen LogP contribution in [0.5, 0.6) is 0 Å². The lowest BCUT2D eigenvalue weighted by atomic mass is 10.1. The molecule has 4 nitrogen and oxygen atoms in total. The van der Waals surface area contributed by atoms with Gasteiger partial charge in [-0.25, -0.2) is 4.79 Å². The van der Waals surface area contributed by atoms with E-state index >= 15 is 0 Å². The number of nitrogens with zero attached hydrogens (tertiary/aromatic N) is 1. The molecule has 0 spiro atoms. The lowest BCUT2D eigenvalue weighted by molar-refractivity contribution is -0.908. The Morgan fingerprint density at radius 2 is 2.00 bits per heavy atom. The van der Waals surface area contributed by atoms with Crippen LogP contribution in [0, 0.1) is 0 Å². The molecule has 0 unspecified atom stereocenters. The lowest BCUT2D eigenvalue weighted by Gasteiger charge is -2.37. The molecule has 0 bridgehead atoms. The minimum absolute atomic E-state index is 0.173. The Morgan fingerprint density at radius 3 is 2.42 bits per heavy atom. The zero-order valence-electron chi connectivity index (χ0n) is 7.36. The van der Waals surface area contributed by atoms with E-state index in [1.165, 1.54) is 0 Å². The van der Waals surface area contributed by atoms with E-state index in [9.17, 15) is 9.90 Å². The summed E-state index contributed by atoms with van der Waals surface area (Å²) in [6, 6.07) is 0. The Kier molecular flexibility index (Phi) is 2.69. The standard InChI is InChI=1S/C8H15NO3/c1-9(6-8(11)12)4-2-7(10)3-5-9/h7,10H,2-6H2,1H3/p+1. The molecule has 0 radical (unpaired) electrons. The van der Waals surface area contributed by atoms with E-state index in [2.05, 4.69) is 0 Å². The fraction of sp³-hybridized carbons (Fsp3) is 0.875. The number of hydrogen-bond acceptors (Lipinski definition) is 2. The van der Waals surface area contributed by atoms with E-state index in [0.29, 0.717) is 4.48 Å². The maximum Gasteiger partial charge on any atom is 0.359 e. The molecule has 2 N–H and O–H groups in total. The van der Waals surface area contributed by atoms with Gasteiger partial charge in [-0.15, -0.1) is 0 Å². The topological polar surface area (TPSA) is 57.5 Å². The van der Waals surface area contributed by atoms with Crippen LogP contribution in [0.15, 0.2) is 0 Å². The Balaban J connectivity index is 2.44. The van der Waals surface area contributed by atoms with E-state index in [4.69, 9.17) is 5.11 Å². The van der Waals surface area contributed by atoms with Crippen LogP contribution in [-0.4, -0.2) is 53.5 Å². The maximum absolute atomic E-state index is 10.5. The summed E-state index contributed by atoms with van der Waals surface area (Å²) >= 11 is 0. The first-order valence-corrected chi connectivity index (χ1v) is 4.25. The summed E-state index contributed by atoms with van der Waals surface area (Å²) in [6.45, 7) is 1.72. The van der Waals surface area contributed by atoms with E-state index in [1.54, 1.807) is 0 Å². The Bertz CT molecular complexity index is 173. The molecule has 4 heteroatoms. The summed E-state index contributed by atoms with van der Waals surface area (Å²) in [6.07, 6.45) is 1.23. The molecule has 1 aliphatic rings. The van der Waals surface area contributed by atoms with Crippen LogP contribution in [0.4, 0.5) is 0 Å². The molecule has 0 aromatic heterocycles. The van der Waals surface area contributed by atoms with Gasteiger partial charge in [0.05, 0.1) is 26.2 Å². The molecule has 0 amide bonds. The first-order chi connectivity index (χ1) is 5.52. The second-order valence-electron chi connectivity index (χ2n) is 3.85. The Labute approximate surface area is 72.0 Å². The minimum Gasteiger partial charge on any atom is -0.477 e. The molecule has 1 aliphatic heterocycles. The largest absolute Gasteiger partial charge is 0.477 e. The second-order valence-corrected chi connectivity index (χ2v) is 3.85. The van der Waals surface area contributed by atoms with Gasteiger partial charge >= 0.3 is 5.97 Å². The number of aliphatic hydroxyl groups excluding tert-OH is 1. The average Bonchev–Trinajstić information content (AvgIpc) is 1.94. The van der Waals surface area contributed by atoms with Crippen LogP contribution in [0.2, 0.25) is 0 Å². The molecule has 1 fully saturated rings. The molecule has 1 rings (SSSR count). The van der Waals surface area contributed by atoms with E-state index in [0.717, 1.165) is 25.9 Å². The normalized spacial score (nSPS) is 36.3. The molecule has 70 valence electrons. The molecular weight excluding hydrogens is 158 g/mol. The van der Waals surface area contributed by atoms with E-state index < -0.39 is 5.97 Å². The number of aliphatic carboxylic acids is 1. The zero-order valence-corrected chi connectivity index (χ0v) is 7.36. The summed E-state index contributed by atoms with van der Waals surface area (Å²) in [5.41, 5.74) is 0. The predicted octanol–water partition coefficient (Wildman–Crippen LogP) is -0.328. The van der Waals surface area contributed by atoms with Gasteiger partial charge in [0.2, 0.25) is 0 Å².